The van der Waals surface area contributed by atoms with Gasteiger partial charge in [-0.05, 0) is 32.6 Å². The predicted molar refractivity (Wildman–Crippen MR) is 104 cm³/mol. The smallest absolute Gasteiger partial charge is 0.235 e. The molecule has 9 nitrogen and oxygen atoms in total. The van der Waals surface area contributed by atoms with Crippen molar-refractivity contribution in [3.63, 3.8) is 0 Å². The minimum absolute atomic E-state index is 0.0181. The van der Waals surface area contributed by atoms with Gasteiger partial charge in [0.25, 0.3) is 0 Å². The van der Waals surface area contributed by atoms with Gasteiger partial charge < -0.3 is 15.9 Å². The Morgan fingerprint density at radius 2 is 1.87 bits per heavy atom. The Morgan fingerprint density at radius 1 is 1.20 bits per heavy atom. The molecule has 0 radical (unpaired) electrons. The summed E-state index contributed by atoms with van der Waals surface area (Å²) in [6, 6.07) is 3.43. The van der Waals surface area contributed by atoms with Gasteiger partial charge in [0, 0.05) is 16.1 Å². The Balaban J connectivity index is 1.87. The summed E-state index contributed by atoms with van der Waals surface area (Å²) in [5, 5.41) is 20.9. The van der Waals surface area contributed by atoms with Gasteiger partial charge >= 0.3 is 0 Å². The number of ketones is 4. The fourth-order valence-electron chi connectivity index (χ4n) is 5.00. The Bertz CT molecular complexity index is 1020. The van der Waals surface area contributed by atoms with Crippen molar-refractivity contribution < 1.29 is 34.2 Å². The molecule has 1 aromatic carbocycles. The molecule has 4 N–H and O–H groups in total. The Hall–Kier alpha value is -2.56. The third-order valence-electron chi connectivity index (χ3n) is 6.30. The number of phenolic OH excluding ortho intramolecular Hbond substituents is 1. The van der Waals surface area contributed by atoms with Crippen LogP contribution in [-0.4, -0.2) is 75.1 Å². The molecule has 0 aromatic heterocycles. The van der Waals surface area contributed by atoms with Crippen LogP contribution in [0.4, 0.5) is 0 Å². The molecule has 6 atom stereocenters. The van der Waals surface area contributed by atoms with Crippen LogP contribution in [0.1, 0.15) is 16.8 Å². The maximum absolute atomic E-state index is 13.4. The fraction of sp³-hybridized carbons (Fsp3) is 0.450. The summed E-state index contributed by atoms with van der Waals surface area (Å²) in [7, 11) is 3.08. The highest BCUT2D eigenvalue weighted by Crippen LogP contribution is 2.52. The molecule has 4 rings (SSSR count). The minimum atomic E-state index is -2.69. The Kier molecular flexibility index (Phi) is 4.64. The summed E-state index contributed by atoms with van der Waals surface area (Å²) in [5.74, 6) is -9.79. The fourth-order valence-corrected chi connectivity index (χ4v) is 6.49. The van der Waals surface area contributed by atoms with Crippen LogP contribution in [0.2, 0.25) is 0 Å². The number of aliphatic hydroxyl groups is 1. The molecule has 30 heavy (non-hydrogen) atoms. The molecule has 0 spiro atoms. The van der Waals surface area contributed by atoms with Crippen LogP contribution < -0.4 is 5.73 Å². The van der Waals surface area contributed by atoms with E-state index in [1.807, 2.05) is 0 Å². The number of carbonyl (C=O) groups is 5. The van der Waals surface area contributed by atoms with Crippen molar-refractivity contribution in [1.82, 2.24) is 4.90 Å². The number of phenols is 1. The zero-order valence-electron chi connectivity index (χ0n) is 16.2. The SMILES string of the molecule is CN(C)C1C(=O)C(C(N)=O)C(=O)C2(O)C(=O)C3C(=O)c4c(O)cccc4SC3CC12. The Morgan fingerprint density at radius 3 is 2.47 bits per heavy atom. The highest BCUT2D eigenvalue weighted by atomic mass is 32.2. The molecule has 3 aliphatic rings. The van der Waals surface area contributed by atoms with Crippen LogP contribution in [0.15, 0.2) is 23.1 Å². The number of rotatable bonds is 2. The first-order valence-electron chi connectivity index (χ1n) is 9.35. The van der Waals surface area contributed by atoms with E-state index in [1.165, 1.54) is 22.7 Å². The molecular weight excluding hydrogens is 412 g/mol. The second kappa shape index (κ2) is 6.73. The normalized spacial score (nSPS) is 35.7. The van der Waals surface area contributed by atoms with Crippen molar-refractivity contribution in [2.24, 2.45) is 23.5 Å². The van der Waals surface area contributed by atoms with Crippen LogP contribution in [0.3, 0.4) is 0 Å². The minimum Gasteiger partial charge on any atom is -0.507 e. The van der Waals surface area contributed by atoms with E-state index in [0.717, 1.165) is 0 Å². The largest absolute Gasteiger partial charge is 0.507 e. The zero-order chi connectivity index (χ0) is 22.1. The summed E-state index contributed by atoms with van der Waals surface area (Å²) >= 11 is 1.19. The third kappa shape index (κ3) is 2.53. The molecule has 1 aliphatic heterocycles. The van der Waals surface area contributed by atoms with Crippen molar-refractivity contribution in [1.29, 1.82) is 0 Å². The number of nitrogens with zero attached hydrogens (tertiary/aromatic N) is 1. The summed E-state index contributed by atoms with van der Waals surface area (Å²) in [6.07, 6.45) is 0.0181. The summed E-state index contributed by atoms with van der Waals surface area (Å²) < 4.78 is 0. The van der Waals surface area contributed by atoms with E-state index in [2.05, 4.69) is 0 Å². The van der Waals surface area contributed by atoms with Crippen molar-refractivity contribution in [3.05, 3.63) is 23.8 Å². The molecule has 10 heteroatoms. The second-order valence-electron chi connectivity index (χ2n) is 8.13. The number of fused-ring (bicyclic) bond motifs is 3. The lowest BCUT2D eigenvalue weighted by molar-refractivity contribution is -0.178. The molecule has 2 fully saturated rings. The van der Waals surface area contributed by atoms with E-state index in [9.17, 15) is 34.2 Å². The van der Waals surface area contributed by atoms with Crippen LogP contribution in [0.25, 0.3) is 0 Å². The van der Waals surface area contributed by atoms with Crippen LogP contribution in [-0.2, 0) is 19.2 Å². The number of aromatic hydroxyl groups is 1. The molecule has 0 saturated heterocycles. The molecule has 0 bridgehead atoms. The van der Waals surface area contributed by atoms with Crippen molar-refractivity contribution in [3.8, 4) is 5.75 Å². The molecule has 1 heterocycles. The van der Waals surface area contributed by atoms with Gasteiger partial charge in [-0.15, -0.1) is 11.8 Å². The second-order valence-corrected chi connectivity index (χ2v) is 9.41. The van der Waals surface area contributed by atoms with E-state index in [1.54, 1.807) is 26.2 Å². The molecule has 2 aliphatic carbocycles. The lowest BCUT2D eigenvalue weighted by Crippen LogP contribution is -2.74. The first kappa shape index (κ1) is 20.7. The monoisotopic (exact) mass is 432 g/mol. The first-order valence-corrected chi connectivity index (χ1v) is 10.2. The third-order valence-corrected chi connectivity index (χ3v) is 7.66. The molecule has 1 amide bonds. The summed E-state index contributed by atoms with van der Waals surface area (Å²) in [4.78, 5) is 66.3. The Labute approximate surface area is 175 Å². The van der Waals surface area contributed by atoms with E-state index in [-0.39, 0.29) is 17.7 Å². The number of primary amides is 1. The number of amides is 1. The summed E-state index contributed by atoms with van der Waals surface area (Å²) in [5.41, 5.74) is 2.53. The number of carbonyl (C=O) groups excluding carboxylic acids is 5. The van der Waals surface area contributed by atoms with Crippen LogP contribution >= 0.6 is 11.8 Å². The first-order chi connectivity index (χ1) is 14.0. The van der Waals surface area contributed by atoms with E-state index < -0.39 is 63.7 Å². The average Bonchev–Trinajstić information content (AvgIpc) is 2.64. The number of thioether (sulfide) groups is 1. The number of nitrogens with two attached hydrogens (primary N) is 1. The maximum atomic E-state index is 13.4. The highest BCUT2D eigenvalue weighted by molar-refractivity contribution is 8.00. The number of likely N-dealkylation sites (N-methyl/N-ethyl adjacent to an activating group) is 1. The zero-order valence-corrected chi connectivity index (χ0v) is 17.0. The average molecular weight is 432 g/mol. The highest BCUT2D eigenvalue weighted by Gasteiger charge is 2.69. The standard InChI is InChI=1S/C20H20N2O7S/c1-22(2)14-7-6-10-12(15(24)11-8(23)4-3-5-9(11)30-10)17(26)20(7,29)18(27)13(16(14)25)19(21)28/h3-5,7,10,12-14,23,29H,6H2,1-2H3,(H2,21,28). The molecule has 6 unspecified atom stereocenters. The molecular formula is C20H20N2O7S. The van der Waals surface area contributed by atoms with Crippen molar-refractivity contribution >= 4 is 40.8 Å². The van der Waals surface area contributed by atoms with Crippen LogP contribution in [0, 0.1) is 17.8 Å². The lowest BCUT2D eigenvalue weighted by atomic mass is 9.56. The summed E-state index contributed by atoms with van der Waals surface area (Å²) in [6.45, 7) is 0. The predicted octanol–water partition coefficient (Wildman–Crippen LogP) is -0.831. The van der Waals surface area contributed by atoms with Crippen molar-refractivity contribution in [2.75, 3.05) is 14.1 Å². The number of hydrogen-bond donors (Lipinski definition) is 3. The van der Waals surface area contributed by atoms with Gasteiger partial charge in [0.05, 0.1) is 17.5 Å². The van der Waals surface area contributed by atoms with Gasteiger partial charge in [-0.2, -0.15) is 0 Å². The topological polar surface area (TPSA) is 155 Å². The number of Topliss-reactive ketones (excluding diaryl/α,β-unsaturated/α-hetero) is 4. The van der Waals surface area contributed by atoms with Gasteiger partial charge in [-0.25, -0.2) is 0 Å². The van der Waals surface area contributed by atoms with E-state index in [0.29, 0.717) is 4.90 Å². The van der Waals surface area contributed by atoms with E-state index >= 15 is 0 Å². The maximum Gasteiger partial charge on any atom is 0.235 e. The number of benzene rings is 1. The van der Waals surface area contributed by atoms with Gasteiger partial charge in [0.1, 0.15) is 5.75 Å². The van der Waals surface area contributed by atoms with Gasteiger partial charge in [0.2, 0.25) is 5.91 Å². The van der Waals surface area contributed by atoms with Crippen LogP contribution in [0.5, 0.6) is 5.75 Å². The van der Waals surface area contributed by atoms with Crippen molar-refractivity contribution in [2.45, 2.75) is 28.2 Å². The number of hydrogen-bond acceptors (Lipinski definition) is 9. The van der Waals surface area contributed by atoms with E-state index in [4.69, 9.17) is 5.73 Å². The quantitative estimate of drug-likeness (QED) is 0.508. The van der Waals surface area contributed by atoms with Gasteiger partial charge in [-0.3, -0.25) is 28.9 Å². The molecule has 1 aromatic rings. The van der Waals surface area contributed by atoms with Gasteiger partial charge in [0.15, 0.2) is 34.7 Å². The lowest BCUT2D eigenvalue weighted by Gasteiger charge is -2.52. The van der Waals surface area contributed by atoms with Gasteiger partial charge in [-0.1, -0.05) is 6.07 Å². The molecule has 2 saturated carbocycles. The molecule has 158 valence electrons.